The molecular weight excluding hydrogens is 246 g/mol. The van der Waals surface area contributed by atoms with Crippen molar-refractivity contribution in [2.24, 2.45) is 0 Å². The number of rotatable bonds is 5. The van der Waals surface area contributed by atoms with E-state index in [0.29, 0.717) is 0 Å². The van der Waals surface area contributed by atoms with Gasteiger partial charge < -0.3 is 9.64 Å². The summed E-state index contributed by atoms with van der Waals surface area (Å²) >= 11 is 0. The third-order valence-electron chi connectivity index (χ3n) is 4.55. The van der Waals surface area contributed by atoms with E-state index in [1.165, 1.54) is 49.0 Å². The quantitative estimate of drug-likeness (QED) is 0.745. The Labute approximate surface area is 124 Å². The van der Waals surface area contributed by atoms with Gasteiger partial charge in [0.05, 0.1) is 6.61 Å². The van der Waals surface area contributed by atoms with Crippen molar-refractivity contribution in [1.82, 2.24) is 4.90 Å². The number of aryl methyl sites for hydroxylation is 2. The van der Waals surface area contributed by atoms with Crippen molar-refractivity contribution in [3.63, 3.8) is 0 Å². The number of hydrogen-bond donors (Lipinski definition) is 0. The average Bonchev–Trinajstić information content (AvgIpc) is 2.41. The summed E-state index contributed by atoms with van der Waals surface area (Å²) in [6.07, 6.45) is 5.24. The van der Waals surface area contributed by atoms with Crippen LogP contribution in [0.5, 0.6) is 5.75 Å². The molecule has 2 heteroatoms. The zero-order chi connectivity index (χ0) is 14.5. The number of piperidine rings is 1. The van der Waals surface area contributed by atoms with Gasteiger partial charge in [0.25, 0.3) is 0 Å². The molecule has 0 amide bonds. The molecule has 0 radical (unpaired) electrons. The van der Waals surface area contributed by atoms with E-state index >= 15 is 0 Å². The first-order valence-corrected chi connectivity index (χ1v) is 8.02. The number of ether oxygens (including phenoxy) is 1. The molecule has 2 rings (SSSR count). The van der Waals surface area contributed by atoms with Crippen molar-refractivity contribution in [2.45, 2.75) is 59.4 Å². The minimum Gasteiger partial charge on any atom is -0.493 e. The van der Waals surface area contributed by atoms with Gasteiger partial charge in [-0.05, 0) is 76.3 Å². The molecule has 0 bridgehead atoms. The molecule has 1 aliphatic rings. The standard InChI is InChI=1S/C18H29NO/c1-14-12-15(2)17(4)18(13-14)20-11-7-10-19-9-6-5-8-16(19)3/h12-13,16H,5-11H2,1-4H3. The molecule has 0 aliphatic carbocycles. The van der Waals surface area contributed by atoms with Crippen molar-refractivity contribution >= 4 is 0 Å². The molecule has 1 aliphatic heterocycles. The van der Waals surface area contributed by atoms with Crippen molar-refractivity contribution in [2.75, 3.05) is 19.7 Å². The van der Waals surface area contributed by atoms with E-state index in [2.05, 4.69) is 44.7 Å². The molecule has 112 valence electrons. The van der Waals surface area contributed by atoms with Gasteiger partial charge in [-0.3, -0.25) is 0 Å². The topological polar surface area (TPSA) is 12.5 Å². The van der Waals surface area contributed by atoms with Crippen LogP contribution in [-0.2, 0) is 0 Å². The summed E-state index contributed by atoms with van der Waals surface area (Å²) in [4.78, 5) is 2.61. The van der Waals surface area contributed by atoms with Gasteiger partial charge in [0.1, 0.15) is 5.75 Å². The van der Waals surface area contributed by atoms with Gasteiger partial charge in [0, 0.05) is 12.6 Å². The van der Waals surface area contributed by atoms with Crippen LogP contribution in [0.15, 0.2) is 12.1 Å². The number of likely N-dealkylation sites (tertiary alicyclic amines) is 1. The van der Waals surface area contributed by atoms with Gasteiger partial charge in [0.15, 0.2) is 0 Å². The fraction of sp³-hybridized carbons (Fsp3) is 0.667. The van der Waals surface area contributed by atoms with Crippen LogP contribution >= 0.6 is 0 Å². The Morgan fingerprint density at radius 3 is 2.75 bits per heavy atom. The molecule has 1 fully saturated rings. The molecule has 20 heavy (non-hydrogen) atoms. The summed E-state index contributed by atoms with van der Waals surface area (Å²) in [5, 5.41) is 0. The van der Waals surface area contributed by atoms with E-state index in [0.717, 1.165) is 24.8 Å². The van der Waals surface area contributed by atoms with Gasteiger partial charge in [-0.25, -0.2) is 0 Å². The highest BCUT2D eigenvalue weighted by atomic mass is 16.5. The van der Waals surface area contributed by atoms with Gasteiger partial charge >= 0.3 is 0 Å². The Bertz CT molecular complexity index is 441. The number of nitrogens with zero attached hydrogens (tertiary/aromatic N) is 1. The molecule has 0 spiro atoms. The fourth-order valence-electron chi connectivity index (χ4n) is 3.09. The first-order valence-electron chi connectivity index (χ1n) is 8.02. The van der Waals surface area contributed by atoms with Crippen LogP contribution in [0, 0.1) is 20.8 Å². The predicted molar refractivity (Wildman–Crippen MR) is 85.7 cm³/mol. The Hall–Kier alpha value is -1.02. The molecule has 1 aromatic carbocycles. The van der Waals surface area contributed by atoms with Crippen LogP contribution < -0.4 is 4.74 Å². The summed E-state index contributed by atoms with van der Waals surface area (Å²) < 4.78 is 6.00. The molecule has 1 atom stereocenters. The molecular formula is C18H29NO. The summed E-state index contributed by atoms with van der Waals surface area (Å²) in [7, 11) is 0. The van der Waals surface area contributed by atoms with E-state index in [1.807, 2.05) is 0 Å². The highest BCUT2D eigenvalue weighted by Gasteiger charge is 2.17. The van der Waals surface area contributed by atoms with Gasteiger partial charge in [0.2, 0.25) is 0 Å². The smallest absolute Gasteiger partial charge is 0.122 e. The molecule has 0 aromatic heterocycles. The van der Waals surface area contributed by atoms with E-state index in [9.17, 15) is 0 Å². The molecule has 2 nitrogen and oxygen atoms in total. The SMILES string of the molecule is Cc1cc(C)c(C)c(OCCCN2CCCCC2C)c1. The maximum atomic E-state index is 6.00. The molecule has 1 saturated heterocycles. The lowest BCUT2D eigenvalue weighted by atomic mass is 10.0. The first-order chi connectivity index (χ1) is 9.58. The third kappa shape index (κ3) is 3.99. The van der Waals surface area contributed by atoms with E-state index < -0.39 is 0 Å². The van der Waals surface area contributed by atoms with E-state index in [-0.39, 0.29) is 0 Å². The molecule has 0 saturated carbocycles. The largest absolute Gasteiger partial charge is 0.493 e. The Morgan fingerprint density at radius 2 is 2.00 bits per heavy atom. The van der Waals surface area contributed by atoms with E-state index in [4.69, 9.17) is 4.74 Å². The fourth-order valence-corrected chi connectivity index (χ4v) is 3.09. The lowest BCUT2D eigenvalue weighted by molar-refractivity contribution is 0.148. The maximum Gasteiger partial charge on any atom is 0.122 e. The molecule has 0 N–H and O–H groups in total. The van der Waals surface area contributed by atoms with Gasteiger partial charge in [-0.1, -0.05) is 12.5 Å². The summed E-state index contributed by atoms with van der Waals surface area (Å²) in [5.74, 6) is 1.06. The summed E-state index contributed by atoms with van der Waals surface area (Å²) in [5.41, 5.74) is 3.89. The van der Waals surface area contributed by atoms with Crippen LogP contribution in [0.25, 0.3) is 0 Å². The summed E-state index contributed by atoms with van der Waals surface area (Å²) in [6.45, 7) is 12.1. The van der Waals surface area contributed by atoms with Gasteiger partial charge in [-0.15, -0.1) is 0 Å². The van der Waals surface area contributed by atoms with Crippen LogP contribution in [0.3, 0.4) is 0 Å². The molecule has 1 heterocycles. The van der Waals surface area contributed by atoms with Crippen LogP contribution in [0.1, 0.15) is 49.3 Å². The van der Waals surface area contributed by atoms with Crippen molar-refractivity contribution in [3.05, 3.63) is 28.8 Å². The normalized spacial score (nSPS) is 20.1. The van der Waals surface area contributed by atoms with Crippen LogP contribution in [0.4, 0.5) is 0 Å². The lowest BCUT2D eigenvalue weighted by Crippen LogP contribution is -2.38. The minimum atomic E-state index is 0.756. The van der Waals surface area contributed by atoms with Crippen LogP contribution in [0.2, 0.25) is 0 Å². The molecule has 1 aromatic rings. The van der Waals surface area contributed by atoms with Crippen LogP contribution in [-0.4, -0.2) is 30.6 Å². The second kappa shape index (κ2) is 7.12. The number of hydrogen-bond acceptors (Lipinski definition) is 2. The monoisotopic (exact) mass is 275 g/mol. The van der Waals surface area contributed by atoms with E-state index in [1.54, 1.807) is 0 Å². The van der Waals surface area contributed by atoms with Crippen molar-refractivity contribution in [1.29, 1.82) is 0 Å². The number of benzene rings is 1. The zero-order valence-corrected chi connectivity index (χ0v) is 13.5. The first kappa shape index (κ1) is 15.4. The molecule has 1 unspecified atom stereocenters. The second-order valence-electron chi connectivity index (χ2n) is 6.29. The Morgan fingerprint density at radius 1 is 1.20 bits per heavy atom. The lowest BCUT2D eigenvalue weighted by Gasteiger charge is -2.33. The maximum absolute atomic E-state index is 6.00. The van der Waals surface area contributed by atoms with Crippen molar-refractivity contribution < 1.29 is 4.74 Å². The minimum absolute atomic E-state index is 0.756. The Kier molecular flexibility index (Phi) is 5.47. The predicted octanol–water partition coefficient (Wildman–Crippen LogP) is 4.26. The highest BCUT2D eigenvalue weighted by Crippen LogP contribution is 2.23. The van der Waals surface area contributed by atoms with Crippen molar-refractivity contribution in [3.8, 4) is 5.75 Å². The Balaban J connectivity index is 1.78. The third-order valence-corrected chi connectivity index (χ3v) is 4.55. The second-order valence-corrected chi connectivity index (χ2v) is 6.29. The average molecular weight is 275 g/mol. The highest BCUT2D eigenvalue weighted by molar-refractivity contribution is 5.41. The summed E-state index contributed by atoms with van der Waals surface area (Å²) in [6, 6.07) is 5.13. The van der Waals surface area contributed by atoms with Gasteiger partial charge in [-0.2, -0.15) is 0 Å². The zero-order valence-electron chi connectivity index (χ0n) is 13.5.